The molecule has 134 valence electrons. The molecule has 0 atom stereocenters. The molecule has 0 aliphatic rings. The average molecular weight is 371 g/mol. The molecule has 0 amide bonds. The van der Waals surface area contributed by atoms with Gasteiger partial charge in [-0.05, 0) is 36.8 Å². The lowest BCUT2D eigenvalue weighted by Crippen LogP contribution is -2.24. The molecule has 26 heavy (non-hydrogen) atoms. The van der Waals surface area contributed by atoms with E-state index in [1.807, 2.05) is 29.2 Å². The number of non-ortho nitro benzene ring substituents is 1. The van der Waals surface area contributed by atoms with Crippen molar-refractivity contribution in [2.75, 3.05) is 18.2 Å². The lowest BCUT2D eigenvalue weighted by molar-refractivity contribution is -0.384. The maximum absolute atomic E-state index is 10.8. The van der Waals surface area contributed by atoms with Crippen LogP contribution in [0.3, 0.4) is 0 Å². The Balaban J connectivity index is 1.77. The summed E-state index contributed by atoms with van der Waals surface area (Å²) in [4.78, 5) is 16.6. The van der Waals surface area contributed by atoms with E-state index in [-0.39, 0.29) is 12.4 Å². The van der Waals surface area contributed by atoms with Crippen LogP contribution in [0.4, 0.5) is 22.2 Å². The summed E-state index contributed by atoms with van der Waals surface area (Å²) in [6.45, 7) is 2.79. The minimum Gasteiger partial charge on any atom is -0.376 e. The summed E-state index contributed by atoms with van der Waals surface area (Å²) in [5.74, 6) is 0. The fraction of sp³-hybridized carbons (Fsp3) is 0.235. The SMILES string of the molecule is CCCN(CO)c1ccc(N=Nc2nc3ccc([N+](=O)[O-])cc3s2)cc1. The van der Waals surface area contributed by atoms with Crippen molar-refractivity contribution < 1.29 is 10.0 Å². The third-order valence-corrected chi connectivity index (χ3v) is 4.60. The number of nitro benzene ring substituents is 1. The number of anilines is 1. The molecule has 1 heterocycles. The van der Waals surface area contributed by atoms with E-state index in [2.05, 4.69) is 22.1 Å². The number of aromatic nitrogens is 1. The van der Waals surface area contributed by atoms with Crippen LogP contribution in [0.5, 0.6) is 0 Å². The summed E-state index contributed by atoms with van der Waals surface area (Å²) in [5.41, 5.74) is 2.26. The Morgan fingerprint density at radius 2 is 2.00 bits per heavy atom. The number of hydrogen-bond acceptors (Lipinski definition) is 8. The van der Waals surface area contributed by atoms with Gasteiger partial charge in [-0.3, -0.25) is 10.1 Å². The molecule has 0 spiro atoms. The minimum atomic E-state index is -0.434. The van der Waals surface area contributed by atoms with Gasteiger partial charge in [-0.15, -0.1) is 10.2 Å². The second-order valence-electron chi connectivity index (χ2n) is 5.53. The molecule has 0 saturated carbocycles. The molecule has 0 saturated heterocycles. The Hall–Kier alpha value is -2.91. The molecule has 0 bridgehead atoms. The topological polar surface area (TPSA) is 104 Å². The summed E-state index contributed by atoms with van der Waals surface area (Å²) in [6, 6.07) is 11.9. The van der Waals surface area contributed by atoms with Crippen molar-refractivity contribution in [3.05, 3.63) is 52.6 Å². The highest BCUT2D eigenvalue weighted by Gasteiger charge is 2.10. The third kappa shape index (κ3) is 4.01. The zero-order chi connectivity index (χ0) is 18.5. The van der Waals surface area contributed by atoms with E-state index in [9.17, 15) is 15.2 Å². The van der Waals surface area contributed by atoms with Crippen LogP contribution in [0.15, 0.2) is 52.7 Å². The average Bonchev–Trinajstić information content (AvgIpc) is 3.07. The predicted molar refractivity (Wildman–Crippen MR) is 102 cm³/mol. The Morgan fingerprint density at radius 1 is 1.23 bits per heavy atom. The van der Waals surface area contributed by atoms with E-state index in [1.165, 1.54) is 23.5 Å². The van der Waals surface area contributed by atoms with Crippen molar-refractivity contribution in [3.63, 3.8) is 0 Å². The van der Waals surface area contributed by atoms with Gasteiger partial charge in [0.15, 0.2) is 0 Å². The molecule has 1 N–H and O–H groups in total. The Morgan fingerprint density at radius 3 is 2.65 bits per heavy atom. The van der Waals surface area contributed by atoms with E-state index in [1.54, 1.807) is 6.07 Å². The van der Waals surface area contributed by atoms with Gasteiger partial charge in [0.1, 0.15) is 6.73 Å². The summed E-state index contributed by atoms with van der Waals surface area (Å²) in [7, 11) is 0. The summed E-state index contributed by atoms with van der Waals surface area (Å²) >= 11 is 1.25. The number of nitro groups is 1. The van der Waals surface area contributed by atoms with Crippen molar-refractivity contribution in [1.82, 2.24) is 4.98 Å². The summed E-state index contributed by atoms with van der Waals surface area (Å²) in [5, 5.41) is 28.9. The number of aliphatic hydroxyl groups excluding tert-OH is 1. The largest absolute Gasteiger partial charge is 0.376 e. The predicted octanol–water partition coefficient (Wildman–Crippen LogP) is 4.79. The second kappa shape index (κ2) is 7.98. The van der Waals surface area contributed by atoms with Crippen LogP contribution in [0.2, 0.25) is 0 Å². The highest BCUT2D eigenvalue weighted by atomic mass is 32.1. The normalized spacial score (nSPS) is 11.3. The standard InChI is InChI=1S/C17H17N5O3S/c1-2-9-21(11-23)13-5-3-12(4-6-13)19-20-17-18-15-8-7-14(22(24)25)10-16(15)26-17/h3-8,10,23H,2,9,11H2,1H3. The number of benzene rings is 2. The molecule has 9 heteroatoms. The number of fused-ring (bicyclic) bond motifs is 1. The summed E-state index contributed by atoms with van der Waals surface area (Å²) in [6.07, 6.45) is 0.942. The van der Waals surface area contributed by atoms with Crippen LogP contribution in [0.25, 0.3) is 10.2 Å². The monoisotopic (exact) mass is 371 g/mol. The van der Waals surface area contributed by atoms with Crippen molar-refractivity contribution >= 4 is 43.7 Å². The first-order valence-corrected chi connectivity index (χ1v) is 8.85. The zero-order valence-corrected chi connectivity index (χ0v) is 14.9. The lowest BCUT2D eigenvalue weighted by Gasteiger charge is -2.21. The maximum atomic E-state index is 10.8. The number of rotatable bonds is 7. The van der Waals surface area contributed by atoms with Gasteiger partial charge in [0, 0.05) is 24.4 Å². The number of thiazole rings is 1. The number of nitrogens with zero attached hydrogens (tertiary/aromatic N) is 5. The molecule has 0 aliphatic carbocycles. The Bertz CT molecular complexity index is 939. The van der Waals surface area contributed by atoms with Gasteiger partial charge in [0.2, 0.25) is 5.13 Å². The van der Waals surface area contributed by atoms with Crippen molar-refractivity contribution in [3.8, 4) is 0 Å². The number of hydrogen-bond donors (Lipinski definition) is 1. The van der Waals surface area contributed by atoms with Crippen LogP contribution in [-0.4, -0.2) is 28.3 Å². The van der Waals surface area contributed by atoms with Gasteiger partial charge in [0.05, 0.1) is 20.8 Å². The van der Waals surface area contributed by atoms with Crippen molar-refractivity contribution in [1.29, 1.82) is 0 Å². The first-order chi connectivity index (χ1) is 12.6. The second-order valence-corrected chi connectivity index (χ2v) is 6.54. The van der Waals surface area contributed by atoms with Crippen LogP contribution in [0, 0.1) is 10.1 Å². The number of aliphatic hydroxyl groups is 1. The van der Waals surface area contributed by atoms with E-state index in [0.717, 1.165) is 18.7 Å². The molecule has 0 aliphatic heterocycles. The van der Waals surface area contributed by atoms with Crippen LogP contribution < -0.4 is 4.90 Å². The molecule has 0 radical (unpaired) electrons. The first kappa shape index (κ1) is 17.9. The van der Waals surface area contributed by atoms with Crippen LogP contribution in [-0.2, 0) is 0 Å². The quantitative estimate of drug-likeness (QED) is 0.278. The first-order valence-electron chi connectivity index (χ1n) is 8.03. The van der Waals surface area contributed by atoms with E-state index in [4.69, 9.17) is 0 Å². The highest BCUT2D eigenvalue weighted by Crippen LogP contribution is 2.32. The van der Waals surface area contributed by atoms with Crippen molar-refractivity contribution in [2.24, 2.45) is 10.2 Å². The van der Waals surface area contributed by atoms with Crippen molar-refractivity contribution in [2.45, 2.75) is 13.3 Å². The molecule has 3 rings (SSSR count). The van der Waals surface area contributed by atoms with E-state index < -0.39 is 4.92 Å². The molecule has 1 aromatic heterocycles. The molecule has 3 aromatic rings. The van der Waals surface area contributed by atoms with Gasteiger partial charge in [0.25, 0.3) is 5.69 Å². The van der Waals surface area contributed by atoms with Gasteiger partial charge in [-0.2, -0.15) is 0 Å². The van der Waals surface area contributed by atoms with Gasteiger partial charge in [-0.25, -0.2) is 4.98 Å². The fourth-order valence-electron chi connectivity index (χ4n) is 2.44. The fourth-order valence-corrected chi connectivity index (χ4v) is 3.26. The van der Waals surface area contributed by atoms with Gasteiger partial charge in [-0.1, -0.05) is 18.3 Å². The summed E-state index contributed by atoms with van der Waals surface area (Å²) < 4.78 is 0.696. The maximum Gasteiger partial charge on any atom is 0.270 e. The van der Waals surface area contributed by atoms with Crippen LogP contribution in [0.1, 0.15) is 13.3 Å². The zero-order valence-electron chi connectivity index (χ0n) is 14.1. The minimum absolute atomic E-state index is 0.0285. The molecule has 0 fully saturated rings. The molecular formula is C17H17N5O3S. The van der Waals surface area contributed by atoms with E-state index >= 15 is 0 Å². The molecule has 0 unspecified atom stereocenters. The van der Waals surface area contributed by atoms with Crippen LogP contribution >= 0.6 is 11.3 Å². The highest BCUT2D eigenvalue weighted by molar-refractivity contribution is 7.21. The lowest BCUT2D eigenvalue weighted by atomic mass is 10.2. The third-order valence-electron chi connectivity index (χ3n) is 3.70. The Kier molecular flexibility index (Phi) is 5.49. The van der Waals surface area contributed by atoms with E-state index in [0.29, 0.717) is 21.0 Å². The van der Waals surface area contributed by atoms with Gasteiger partial charge < -0.3 is 10.0 Å². The smallest absolute Gasteiger partial charge is 0.270 e. The molecule has 8 nitrogen and oxygen atoms in total. The number of azo groups is 1. The molecule has 2 aromatic carbocycles. The Labute approximate surface area is 153 Å². The van der Waals surface area contributed by atoms with Gasteiger partial charge >= 0.3 is 0 Å². The molecular weight excluding hydrogens is 354 g/mol.